The molecular weight excluding hydrogens is 304 g/mol. The summed E-state index contributed by atoms with van der Waals surface area (Å²) in [6.45, 7) is 8.47. The summed E-state index contributed by atoms with van der Waals surface area (Å²) in [6, 6.07) is 20.9. The number of benzene rings is 3. The predicted octanol–water partition coefficient (Wildman–Crippen LogP) is 4.75. The third-order valence-electron chi connectivity index (χ3n) is 4.98. The largest absolute Gasteiger partial charge is 0.399 e. The van der Waals surface area contributed by atoms with E-state index in [9.17, 15) is 0 Å². The van der Waals surface area contributed by atoms with Crippen LogP contribution >= 0.6 is 0 Å². The average molecular weight is 330 g/mol. The van der Waals surface area contributed by atoms with E-state index in [1.165, 1.54) is 22.3 Å². The molecule has 0 spiro atoms. The zero-order valence-corrected chi connectivity index (χ0v) is 15.4. The molecule has 0 fully saturated rings. The van der Waals surface area contributed by atoms with E-state index in [-0.39, 0.29) is 0 Å². The van der Waals surface area contributed by atoms with Crippen molar-refractivity contribution < 1.29 is 0 Å². The summed E-state index contributed by atoms with van der Waals surface area (Å²) in [5.41, 5.74) is 21.2. The molecule has 0 aliphatic rings. The average Bonchev–Trinajstić information content (AvgIpc) is 2.54. The molecule has 0 saturated heterocycles. The number of nitrogen functional groups attached to an aromatic ring is 1. The van der Waals surface area contributed by atoms with E-state index >= 15 is 0 Å². The van der Waals surface area contributed by atoms with E-state index in [1.807, 2.05) is 24.3 Å². The topological polar surface area (TPSA) is 52.0 Å². The molecule has 0 aliphatic heterocycles. The fourth-order valence-corrected chi connectivity index (χ4v) is 3.71. The van der Waals surface area contributed by atoms with Crippen molar-refractivity contribution in [1.29, 1.82) is 0 Å². The zero-order valence-electron chi connectivity index (χ0n) is 15.4. The Balaban J connectivity index is 2.33. The molecule has 0 unspecified atom stereocenters. The van der Waals surface area contributed by atoms with Gasteiger partial charge in [-0.1, -0.05) is 59.7 Å². The van der Waals surface area contributed by atoms with Gasteiger partial charge in [0, 0.05) is 5.69 Å². The minimum Gasteiger partial charge on any atom is -0.399 e. The molecule has 0 amide bonds. The van der Waals surface area contributed by atoms with Crippen LogP contribution in [0.1, 0.15) is 38.9 Å². The minimum atomic E-state index is -0.719. The van der Waals surface area contributed by atoms with Crippen LogP contribution in [0.15, 0.2) is 60.7 Å². The van der Waals surface area contributed by atoms with Crippen LogP contribution in [0.3, 0.4) is 0 Å². The Morgan fingerprint density at radius 3 is 1.48 bits per heavy atom. The van der Waals surface area contributed by atoms with Crippen LogP contribution in [-0.4, -0.2) is 0 Å². The quantitative estimate of drug-likeness (QED) is 0.538. The fourth-order valence-electron chi connectivity index (χ4n) is 3.71. The van der Waals surface area contributed by atoms with Crippen molar-refractivity contribution in [3.8, 4) is 0 Å². The number of nitrogens with two attached hydrogens (primary N) is 2. The molecule has 3 aromatic rings. The van der Waals surface area contributed by atoms with Gasteiger partial charge >= 0.3 is 0 Å². The van der Waals surface area contributed by atoms with Gasteiger partial charge in [0.2, 0.25) is 0 Å². The van der Waals surface area contributed by atoms with E-state index < -0.39 is 5.54 Å². The zero-order chi connectivity index (χ0) is 18.2. The maximum absolute atomic E-state index is 7.17. The first kappa shape index (κ1) is 17.2. The monoisotopic (exact) mass is 330 g/mol. The van der Waals surface area contributed by atoms with E-state index in [0.29, 0.717) is 0 Å². The second-order valence-electron chi connectivity index (χ2n) is 7.07. The molecule has 128 valence electrons. The lowest BCUT2D eigenvalue weighted by molar-refractivity contribution is 0.643. The lowest BCUT2D eigenvalue weighted by Crippen LogP contribution is -2.40. The van der Waals surface area contributed by atoms with Crippen LogP contribution in [-0.2, 0) is 5.54 Å². The highest BCUT2D eigenvalue weighted by atomic mass is 14.8. The van der Waals surface area contributed by atoms with Gasteiger partial charge in [-0.3, -0.25) is 0 Å². The summed E-state index contributed by atoms with van der Waals surface area (Å²) in [5.74, 6) is 0. The lowest BCUT2D eigenvalue weighted by atomic mass is 9.74. The normalized spacial score (nSPS) is 11.6. The van der Waals surface area contributed by atoms with Crippen LogP contribution in [0.25, 0.3) is 0 Å². The summed E-state index contributed by atoms with van der Waals surface area (Å²) < 4.78 is 0. The molecule has 0 bridgehead atoms. The Bertz CT molecular complexity index is 856. The predicted molar refractivity (Wildman–Crippen MR) is 107 cm³/mol. The van der Waals surface area contributed by atoms with Gasteiger partial charge in [0.1, 0.15) is 0 Å². The van der Waals surface area contributed by atoms with E-state index in [4.69, 9.17) is 11.5 Å². The van der Waals surface area contributed by atoms with Crippen LogP contribution < -0.4 is 11.5 Å². The van der Waals surface area contributed by atoms with Crippen molar-refractivity contribution in [3.05, 3.63) is 99.6 Å². The maximum atomic E-state index is 7.17. The van der Waals surface area contributed by atoms with E-state index in [0.717, 1.165) is 22.4 Å². The molecule has 0 heterocycles. The molecule has 4 N–H and O–H groups in total. The third kappa shape index (κ3) is 3.06. The van der Waals surface area contributed by atoms with Crippen molar-refractivity contribution in [2.75, 3.05) is 5.73 Å². The molecule has 0 aliphatic carbocycles. The molecule has 2 heteroatoms. The molecule has 0 saturated carbocycles. The Morgan fingerprint density at radius 1 is 0.640 bits per heavy atom. The van der Waals surface area contributed by atoms with Crippen LogP contribution in [0.2, 0.25) is 0 Å². The summed E-state index contributed by atoms with van der Waals surface area (Å²) in [5, 5.41) is 0. The van der Waals surface area contributed by atoms with E-state index in [2.05, 4.69) is 64.1 Å². The molecule has 0 aromatic heterocycles. The first-order valence-electron chi connectivity index (χ1n) is 8.62. The molecule has 2 nitrogen and oxygen atoms in total. The lowest BCUT2D eigenvalue weighted by Gasteiger charge is -2.34. The summed E-state index contributed by atoms with van der Waals surface area (Å²) in [4.78, 5) is 0. The molecular formula is C23H26N2. The summed E-state index contributed by atoms with van der Waals surface area (Å²) in [7, 11) is 0. The second kappa shape index (κ2) is 6.38. The van der Waals surface area contributed by atoms with Gasteiger partial charge in [0.15, 0.2) is 0 Å². The Hall–Kier alpha value is -2.58. The molecule has 3 aromatic carbocycles. The van der Waals surface area contributed by atoms with Crippen LogP contribution in [0, 0.1) is 27.7 Å². The number of aryl methyl sites for hydroxylation is 4. The van der Waals surface area contributed by atoms with Crippen molar-refractivity contribution in [2.24, 2.45) is 5.73 Å². The Morgan fingerprint density at radius 2 is 1.08 bits per heavy atom. The molecule has 25 heavy (non-hydrogen) atoms. The van der Waals surface area contributed by atoms with Gasteiger partial charge in [-0.15, -0.1) is 0 Å². The number of rotatable bonds is 3. The standard InChI is InChI=1S/C23H26N2/c1-15-5-11-21(17(3)13-15)23(25,19-7-9-20(24)10-8-19)22-12-6-16(2)14-18(22)4/h5-14H,24-25H2,1-4H3. The van der Waals surface area contributed by atoms with Gasteiger partial charge in [0.05, 0.1) is 5.54 Å². The summed E-state index contributed by atoms with van der Waals surface area (Å²) in [6.07, 6.45) is 0. The van der Waals surface area contributed by atoms with Gasteiger partial charge in [0.25, 0.3) is 0 Å². The molecule has 0 atom stereocenters. The SMILES string of the molecule is Cc1ccc(C(N)(c2ccc(N)cc2)c2ccc(C)cc2C)c(C)c1. The first-order chi connectivity index (χ1) is 11.8. The summed E-state index contributed by atoms with van der Waals surface area (Å²) >= 11 is 0. The smallest absolute Gasteiger partial charge is 0.0928 e. The fraction of sp³-hybridized carbons (Fsp3) is 0.217. The van der Waals surface area contributed by atoms with Crippen molar-refractivity contribution in [1.82, 2.24) is 0 Å². The Kier molecular flexibility index (Phi) is 4.40. The van der Waals surface area contributed by atoms with Crippen molar-refractivity contribution in [3.63, 3.8) is 0 Å². The second-order valence-corrected chi connectivity index (χ2v) is 7.07. The number of anilines is 1. The van der Waals surface area contributed by atoms with E-state index in [1.54, 1.807) is 0 Å². The molecule has 0 radical (unpaired) electrons. The maximum Gasteiger partial charge on any atom is 0.0928 e. The first-order valence-corrected chi connectivity index (χ1v) is 8.62. The Labute approximate surface area is 150 Å². The van der Waals surface area contributed by atoms with Gasteiger partial charge < -0.3 is 11.5 Å². The van der Waals surface area contributed by atoms with Crippen LogP contribution in [0.4, 0.5) is 5.69 Å². The van der Waals surface area contributed by atoms with Gasteiger partial charge in [-0.05, 0) is 67.6 Å². The van der Waals surface area contributed by atoms with Crippen molar-refractivity contribution >= 4 is 5.69 Å². The number of hydrogen-bond acceptors (Lipinski definition) is 2. The highest BCUT2D eigenvalue weighted by Gasteiger charge is 2.34. The molecule has 3 rings (SSSR count). The minimum absolute atomic E-state index is 0.719. The highest BCUT2D eigenvalue weighted by molar-refractivity contribution is 5.56. The highest BCUT2D eigenvalue weighted by Crippen LogP contribution is 2.38. The van der Waals surface area contributed by atoms with Gasteiger partial charge in [-0.2, -0.15) is 0 Å². The van der Waals surface area contributed by atoms with Crippen LogP contribution in [0.5, 0.6) is 0 Å². The third-order valence-corrected chi connectivity index (χ3v) is 4.98. The van der Waals surface area contributed by atoms with Gasteiger partial charge in [-0.25, -0.2) is 0 Å². The number of hydrogen-bond donors (Lipinski definition) is 2. The van der Waals surface area contributed by atoms with Crippen molar-refractivity contribution in [2.45, 2.75) is 33.2 Å².